The van der Waals surface area contributed by atoms with Gasteiger partial charge in [0.25, 0.3) is 5.56 Å². The summed E-state index contributed by atoms with van der Waals surface area (Å²) < 4.78 is 1.70. The molecule has 8 heteroatoms. The second-order valence-corrected chi connectivity index (χ2v) is 9.03. The molecule has 5 rings (SSSR count). The van der Waals surface area contributed by atoms with Crippen molar-refractivity contribution in [3.63, 3.8) is 0 Å². The number of nitrogens with zero attached hydrogens (tertiary/aromatic N) is 5. The molecule has 2 aliphatic rings. The van der Waals surface area contributed by atoms with Crippen LogP contribution in [0.1, 0.15) is 55.3 Å². The average Bonchev–Trinajstić information content (AvgIpc) is 3.33. The minimum atomic E-state index is -0.273. The molecule has 0 spiro atoms. The Kier molecular flexibility index (Phi) is 5.65. The molecule has 1 aromatic carbocycles. The van der Waals surface area contributed by atoms with Gasteiger partial charge in [-0.1, -0.05) is 18.9 Å². The number of ketones is 1. The maximum Gasteiger partial charge on any atom is 0.270 e. The van der Waals surface area contributed by atoms with E-state index in [1.54, 1.807) is 23.8 Å². The van der Waals surface area contributed by atoms with E-state index in [2.05, 4.69) is 27.3 Å². The van der Waals surface area contributed by atoms with Gasteiger partial charge in [0.15, 0.2) is 0 Å². The molecule has 0 atom stereocenters. The van der Waals surface area contributed by atoms with Crippen LogP contribution in [0.5, 0.6) is 0 Å². The van der Waals surface area contributed by atoms with E-state index in [-0.39, 0.29) is 22.9 Å². The van der Waals surface area contributed by atoms with Crippen molar-refractivity contribution in [2.24, 2.45) is 0 Å². The van der Waals surface area contributed by atoms with Gasteiger partial charge in [0.2, 0.25) is 5.95 Å². The van der Waals surface area contributed by atoms with Crippen molar-refractivity contribution in [3.8, 4) is 6.07 Å². The van der Waals surface area contributed by atoms with Gasteiger partial charge in [-0.05, 0) is 55.5 Å². The molecular weight excluding hydrogens is 416 g/mol. The third kappa shape index (κ3) is 4.24. The molecule has 3 aromatic rings. The number of aromatic nitrogens is 3. The van der Waals surface area contributed by atoms with E-state index in [0.29, 0.717) is 23.5 Å². The Labute approximate surface area is 191 Å². The van der Waals surface area contributed by atoms with Gasteiger partial charge in [-0.25, -0.2) is 4.98 Å². The lowest BCUT2D eigenvalue weighted by atomic mass is 9.99. The molecule has 168 valence electrons. The maximum atomic E-state index is 13.0. The third-order valence-electron chi connectivity index (χ3n) is 6.58. The Hall–Kier alpha value is -3.57. The molecule has 0 unspecified atom stereocenters. The van der Waals surface area contributed by atoms with Crippen LogP contribution in [0, 0.1) is 11.3 Å². The molecule has 1 N–H and O–H groups in total. The van der Waals surface area contributed by atoms with Crippen LogP contribution in [0.3, 0.4) is 0 Å². The van der Waals surface area contributed by atoms with Gasteiger partial charge in [-0.15, -0.1) is 0 Å². The Bertz CT molecular complexity index is 1330. The molecule has 1 saturated carbocycles. The minimum Gasteiger partial charge on any atom is -0.324 e. The van der Waals surface area contributed by atoms with Crippen LogP contribution in [0.15, 0.2) is 35.3 Å². The average molecular weight is 443 g/mol. The van der Waals surface area contributed by atoms with Crippen molar-refractivity contribution in [2.45, 2.75) is 51.6 Å². The van der Waals surface area contributed by atoms with Crippen molar-refractivity contribution in [2.75, 3.05) is 18.4 Å². The zero-order valence-corrected chi connectivity index (χ0v) is 18.7. The number of benzene rings is 1. The van der Waals surface area contributed by atoms with Gasteiger partial charge in [-0.3, -0.25) is 19.1 Å². The number of carbonyl (C=O) groups excluding carboxylic acids is 1. The number of hydrogen-bond acceptors (Lipinski definition) is 7. The molecule has 1 fully saturated rings. The van der Waals surface area contributed by atoms with Crippen molar-refractivity contribution < 1.29 is 4.79 Å². The third-order valence-corrected chi connectivity index (χ3v) is 6.58. The molecule has 0 saturated heterocycles. The summed E-state index contributed by atoms with van der Waals surface area (Å²) in [6.07, 6.45) is 6.54. The monoisotopic (exact) mass is 442 g/mol. The Morgan fingerprint density at radius 1 is 1.24 bits per heavy atom. The first-order valence-electron chi connectivity index (χ1n) is 11.4. The summed E-state index contributed by atoms with van der Waals surface area (Å²) in [4.78, 5) is 35.7. The predicted molar refractivity (Wildman–Crippen MR) is 125 cm³/mol. The lowest BCUT2D eigenvalue weighted by molar-refractivity contribution is -0.118. The number of fused-ring (bicyclic) bond motifs is 2. The first kappa shape index (κ1) is 21.3. The SMILES string of the molecule is CC(=O)CN1CCc2cc(Nc3ncc4cc(C#N)c(=O)n(C5CCCC5)c4n3)ccc2C1. The van der Waals surface area contributed by atoms with E-state index >= 15 is 0 Å². The lowest BCUT2D eigenvalue weighted by Gasteiger charge is -2.28. The highest BCUT2D eigenvalue weighted by atomic mass is 16.1. The van der Waals surface area contributed by atoms with Crippen molar-refractivity contribution in [3.05, 3.63) is 57.5 Å². The van der Waals surface area contributed by atoms with Gasteiger partial charge in [0, 0.05) is 36.4 Å². The van der Waals surface area contributed by atoms with E-state index in [9.17, 15) is 14.9 Å². The molecule has 3 heterocycles. The van der Waals surface area contributed by atoms with Gasteiger partial charge in [-0.2, -0.15) is 10.2 Å². The number of hydrogen-bond donors (Lipinski definition) is 1. The molecule has 33 heavy (non-hydrogen) atoms. The summed E-state index contributed by atoms with van der Waals surface area (Å²) >= 11 is 0. The fourth-order valence-electron chi connectivity index (χ4n) is 5.03. The van der Waals surface area contributed by atoms with Gasteiger partial charge >= 0.3 is 0 Å². The highest BCUT2D eigenvalue weighted by molar-refractivity contribution is 5.78. The Morgan fingerprint density at radius 2 is 2.06 bits per heavy atom. The predicted octanol–water partition coefficient (Wildman–Crippen LogP) is 3.47. The number of anilines is 2. The summed E-state index contributed by atoms with van der Waals surface area (Å²) in [5.41, 5.74) is 3.80. The highest BCUT2D eigenvalue weighted by Gasteiger charge is 2.23. The number of rotatable bonds is 5. The first-order valence-corrected chi connectivity index (χ1v) is 11.4. The molecule has 0 amide bonds. The molecule has 8 nitrogen and oxygen atoms in total. The van der Waals surface area contributed by atoms with E-state index in [4.69, 9.17) is 4.98 Å². The zero-order chi connectivity index (χ0) is 22.9. The first-order chi connectivity index (χ1) is 16.0. The lowest BCUT2D eigenvalue weighted by Crippen LogP contribution is -2.34. The summed E-state index contributed by atoms with van der Waals surface area (Å²) in [7, 11) is 0. The van der Waals surface area contributed by atoms with Crippen LogP contribution in [0.2, 0.25) is 0 Å². The number of nitriles is 1. The number of nitrogens with one attached hydrogen (secondary N) is 1. The second-order valence-electron chi connectivity index (χ2n) is 9.03. The standard InChI is InChI=1S/C25H26N6O2/c1-16(32)14-30-9-8-17-11-21(7-6-18(17)15-30)28-25-27-13-20-10-19(12-26)24(33)31(23(20)29-25)22-4-2-3-5-22/h6-7,10-11,13,22H,2-5,8-9,14-15H2,1H3,(H,27,28,29). The molecule has 0 radical (unpaired) electrons. The van der Waals surface area contributed by atoms with Gasteiger partial charge in [0.05, 0.1) is 6.54 Å². The van der Waals surface area contributed by atoms with Crippen LogP contribution < -0.4 is 10.9 Å². The van der Waals surface area contributed by atoms with Crippen LogP contribution in [-0.4, -0.2) is 38.3 Å². The summed E-state index contributed by atoms with van der Waals surface area (Å²) in [5, 5.41) is 13.4. The fraction of sp³-hybridized carbons (Fsp3) is 0.400. The molecular formula is C25H26N6O2. The van der Waals surface area contributed by atoms with E-state index < -0.39 is 0 Å². The Morgan fingerprint density at radius 3 is 2.82 bits per heavy atom. The van der Waals surface area contributed by atoms with E-state index in [1.807, 2.05) is 12.1 Å². The molecule has 2 aromatic heterocycles. The summed E-state index contributed by atoms with van der Waals surface area (Å²) in [6, 6.07) is 9.85. The highest BCUT2D eigenvalue weighted by Crippen LogP contribution is 2.31. The normalized spacial score (nSPS) is 16.5. The molecule has 1 aliphatic heterocycles. The minimum absolute atomic E-state index is 0.0674. The van der Waals surface area contributed by atoms with Crippen molar-refractivity contribution >= 4 is 28.5 Å². The number of Topliss-reactive ketones (excluding diaryl/α,β-unsaturated/α-hetero) is 1. The second kappa shape index (κ2) is 8.75. The van der Waals surface area contributed by atoms with Gasteiger partial charge < -0.3 is 5.32 Å². The molecule has 0 bridgehead atoms. The van der Waals surface area contributed by atoms with Crippen LogP contribution in [0.25, 0.3) is 11.0 Å². The topological polar surface area (TPSA) is 104 Å². The van der Waals surface area contributed by atoms with E-state index in [0.717, 1.165) is 50.9 Å². The zero-order valence-electron chi connectivity index (χ0n) is 18.7. The summed E-state index contributed by atoms with van der Waals surface area (Å²) in [6.45, 7) is 3.74. The summed E-state index contributed by atoms with van der Waals surface area (Å²) in [5.74, 6) is 0.607. The number of pyridine rings is 1. The maximum absolute atomic E-state index is 13.0. The number of carbonyl (C=O) groups is 1. The van der Waals surface area contributed by atoms with Gasteiger partial charge in [0.1, 0.15) is 23.1 Å². The smallest absolute Gasteiger partial charge is 0.270 e. The largest absolute Gasteiger partial charge is 0.324 e. The molecule has 1 aliphatic carbocycles. The van der Waals surface area contributed by atoms with Crippen LogP contribution >= 0.6 is 0 Å². The quantitative estimate of drug-likeness (QED) is 0.645. The Balaban J connectivity index is 1.45. The van der Waals surface area contributed by atoms with Crippen LogP contribution in [-0.2, 0) is 17.8 Å². The van der Waals surface area contributed by atoms with Crippen molar-refractivity contribution in [1.29, 1.82) is 5.26 Å². The fourth-order valence-corrected chi connectivity index (χ4v) is 5.03. The van der Waals surface area contributed by atoms with E-state index in [1.165, 1.54) is 11.1 Å². The van der Waals surface area contributed by atoms with Crippen LogP contribution in [0.4, 0.5) is 11.6 Å². The van der Waals surface area contributed by atoms with Crippen molar-refractivity contribution in [1.82, 2.24) is 19.4 Å².